The minimum absolute atomic E-state index is 0.118. The highest BCUT2D eigenvalue weighted by Gasteiger charge is 2.34. The van der Waals surface area contributed by atoms with Crippen LogP contribution in [-0.4, -0.2) is 25.8 Å². The highest BCUT2D eigenvalue weighted by atomic mass is 32.2. The van der Waals surface area contributed by atoms with Crippen LogP contribution in [0.1, 0.15) is 24.0 Å². The van der Waals surface area contributed by atoms with Gasteiger partial charge in [0, 0.05) is 19.0 Å². The minimum Gasteiger partial charge on any atom is -0.338 e. The number of nitrogens with two attached hydrogens (primary N) is 1. The van der Waals surface area contributed by atoms with E-state index < -0.39 is 10.0 Å². The number of hydrogen-bond donors (Lipinski definition) is 1. The van der Waals surface area contributed by atoms with Gasteiger partial charge in [0.05, 0.1) is 4.90 Å². The molecule has 0 atom stereocenters. The number of sulfonamides is 1. The first-order chi connectivity index (χ1) is 8.95. The number of benzene rings is 1. The summed E-state index contributed by atoms with van der Waals surface area (Å²) in [7, 11) is -3.68. The van der Waals surface area contributed by atoms with E-state index in [1.165, 1.54) is 6.07 Å². The molecule has 0 spiro atoms. The fraction of sp³-hybridized carbons (Fsp3) is 0.462. The Morgan fingerprint density at radius 3 is 2.63 bits per heavy atom. The number of rotatable bonds is 2. The van der Waals surface area contributed by atoms with Crippen molar-refractivity contribution >= 4 is 15.9 Å². The number of primary sulfonamides is 1. The lowest BCUT2D eigenvalue weighted by Gasteiger charge is -2.29. The molecule has 5 nitrogen and oxygen atoms in total. The van der Waals surface area contributed by atoms with Gasteiger partial charge in [-0.2, -0.15) is 0 Å². The lowest BCUT2D eigenvalue weighted by Crippen LogP contribution is -2.37. The summed E-state index contributed by atoms with van der Waals surface area (Å²) in [4.78, 5) is 14.0. The summed E-state index contributed by atoms with van der Waals surface area (Å²) in [6.45, 7) is 1.21. The Morgan fingerprint density at radius 2 is 2.00 bits per heavy atom. The van der Waals surface area contributed by atoms with Crippen LogP contribution in [0.25, 0.3) is 0 Å². The molecule has 0 radical (unpaired) electrons. The minimum atomic E-state index is -3.68. The van der Waals surface area contributed by atoms with Gasteiger partial charge < -0.3 is 4.90 Å². The first-order valence-corrected chi connectivity index (χ1v) is 7.93. The van der Waals surface area contributed by atoms with E-state index in [0.29, 0.717) is 6.54 Å². The molecular formula is C13H16N2O3S. The molecule has 1 heterocycles. The van der Waals surface area contributed by atoms with Crippen LogP contribution < -0.4 is 5.14 Å². The number of hydrogen-bond acceptors (Lipinski definition) is 3. The molecule has 1 fully saturated rings. The van der Waals surface area contributed by atoms with Gasteiger partial charge in [-0.05, 0) is 42.5 Å². The van der Waals surface area contributed by atoms with Crippen molar-refractivity contribution in [3.05, 3.63) is 29.3 Å². The second-order valence-electron chi connectivity index (χ2n) is 5.26. The Balaban J connectivity index is 1.88. The zero-order valence-electron chi connectivity index (χ0n) is 10.5. The molecule has 19 heavy (non-hydrogen) atoms. The highest BCUT2D eigenvalue weighted by molar-refractivity contribution is 7.89. The third-order valence-corrected chi connectivity index (χ3v) is 4.67. The number of fused-ring (bicyclic) bond motifs is 1. The predicted molar refractivity (Wildman–Crippen MR) is 69.7 cm³/mol. The maximum atomic E-state index is 12.0. The van der Waals surface area contributed by atoms with E-state index in [0.717, 1.165) is 36.9 Å². The van der Waals surface area contributed by atoms with E-state index in [4.69, 9.17) is 5.14 Å². The largest absolute Gasteiger partial charge is 0.338 e. The van der Waals surface area contributed by atoms with E-state index in [1.54, 1.807) is 12.1 Å². The van der Waals surface area contributed by atoms with Crippen molar-refractivity contribution in [3.63, 3.8) is 0 Å². The van der Waals surface area contributed by atoms with Crippen LogP contribution in [0.3, 0.4) is 0 Å². The molecule has 1 saturated carbocycles. The lowest BCUT2D eigenvalue weighted by molar-refractivity contribution is -0.133. The summed E-state index contributed by atoms with van der Waals surface area (Å²) < 4.78 is 22.7. The Kier molecular flexibility index (Phi) is 2.87. The first kappa shape index (κ1) is 12.6. The smallest absolute Gasteiger partial charge is 0.238 e. The van der Waals surface area contributed by atoms with Gasteiger partial charge in [0.1, 0.15) is 0 Å². The van der Waals surface area contributed by atoms with Crippen LogP contribution in [0.15, 0.2) is 23.1 Å². The van der Waals surface area contributed by atoms with Gasteiger partial charge in [-0.15, -0.1) is 0 Å². The maximum absolute atomic E-state index is 12.0. The normalized spacial score (nSPS) is 19.1. The van der Waals surface area contributed by atoms with Gasteiger partial charge in [0.2, 0.25) is 15.9 Å². The van der Waals surface area contributed by atoms with Crippen LogP contribution >= 0.6 is 0 Å². The average molecular weight is 280 g/mol. The monoisotopic (exact) mass is 280 g/mol. The number of nitrogens with zero attached hydrogens (tertiary/aromatic N) is 1. The van der Waals surface area contributed by atoms with E-state index >= 15 is 0 Å². The van der Waals surface area contributed by atoms with E-state index in [1.807, 2.05) is 4.90 Å². The maximum Gasteiger partial charge on any atom is 0.238 e. The van der Waals surface area contributed by atoms with Crippen LogP contribution in [0.5, 0.6) is 0 Å². The van der Waals surface area contributed by atoms with Crippen LogP contribution in [0.2, 0.25) is 0 Å². The molecule has 0 saturated heterocycles. The molecule has 1 amide bonds. The van der Waals surface area contributed by atoms with E-state index in [9.17, 15) is 13.2 Å². The predicted octanol–water partition coefficient (Wildman–Crippen LogP) is 0.629. The Hall–Kier alpha value is -1.40. The summed E-state index contributed by atoms with van der Waals surface area (Å²) in [5.74, 6) is 0.398. The Morgan fingerprint density at radius 1 is 1.26 bits per heavy atom. The number of carbonyl (C=O) groups is 1. The van der Waals surface area contributed by atoms with Crippen LogP contribution in [0.4, 0.5) is 0 Å². The third kappa shape index (κ3) is 2.50. The van der Waals surface area contributed by atoms with Crippen molar-refractivity contribution in [2.75, 3.05) is 6.54 Å². The van der Waals surface area contributed by atoms with E-state index in [2.05, 4.69) is 0 Å². The summed E-state index contributed by atoms with van der Waals surface area (Å²) in [6.07, 6.45) is 2.75. The fourth-order valence-electron chi connectivity index (χ4n) is 2.49. The molecule has 2 N–H and O–H groups in total. The van der Waals surface area contributed by atoms with Crippen molar-refractivity contribution < 1.29 is 13.2 Å². The third-order valence-electron chi connectivity index (χ3n) is 3.76. The molecular weight excluding hydrogens is 264 g/mol. The van der Waals surface area contributed by atoms with Crippen molar-refractivity contribution in [1.82, 2.24) is 4.90 Å². The highest BCUT2D eigenvalue weighted by Crippen LogP contribution is 2.33. The summed E-state index contributed by atoms with van der Waals surface area (Å²) in [6, 6.07) is 4.93. The molecule has 0 unspecified atom stereocenters. The molecule has 1 aromatic carbocycles. The van der Waals surface area contributed by atoms with Crippen molar-refractivity contribution in [3.8, 4) is 0 Å². The van der Waals surface area contributed by atoms with Gasteiger partial charge in [-0.1, -0.05) is 6.07 Å². The quantitative estimate of drug-likeness (QED) is 0.862. The zero-order chi connectivity index (χ0) is 13.6. The van der Waals surface area contributed by atoms with Crippen LogP contribution in [-0.2, 0) is 27.8 Å². The Bertz CT molecular complexity index is 635. The topological polar surface area (TPSA) is 80.5 Å². The SMILES string of the molecule is NS(=O)(=O)c1ccc2c(c1)CN(C(=O)C1CC1)CC2. The molecule has 102 valence electrons. The zero-order valence-corrected chi connectivity index (χ0v) is 11.3. The molecule has 0 aromatic heterocycles. The Labute approximate surface area is 112 Å². The van der Waals surface area contributed by atoms with Gasteiger partial charge in [0.15, 0.2) is 0 Å². The van der Waals surface area contributed by atoms with Crippen molar-refractivity contribution in [1.29, 1.82) is 0 Å². The van der Waals surface area contributed by atoms with Gasteiger partial charge >= 0.3 is 0 Å². The number of carbonyl (C=O) groups excluding carboxylic acids is 1. The number of amides is 1. The molecule has 1 aliphatic heterocycles. The summed E-state index contributed by atoms with van der Waals surface area (Å²) in [5.41, 5.74) is 2.00. The molecule has 3 rings (SSSR count). The molecule has 1 aliphatic carbocycles. The van der Waals surface area contributed by atoms with Gasteiger partial charge in [0.25, 0.3) is 0 Å². The summed E-state index contributed by atoms with van der Waals surface area (Å²) >= 11 is 0. The van der Waals surface area contributed by atoms with Gasteiger partial charge in [-0.25, -0.2) is 13.6 Å². The van der Waals surface area contributed by atoms with E-state index in [-0.39, 0.29) is 16.7 Å². The molecule has 0 bridgehead atoms. The fourth-order valence-corrected chi connectivity index (χ4v) is 3.05. The second kappa shape index (κ2) is 4.31. The van der Waals surface area contributed by atoms with Crippen molar-refractivity contribution in [2.45, 2.75) is 30.7 Å². The molecule has 2 aliphatic rings. The lowest BCUT2D eigenvalue weighted by atomic mass is 9.99. The second-order valence-corrected chi connectivity index (χ2v) is 6.82. The van der Waals surface area contributed by atoms with Gasteiger partial charge in [-0.3, -0.25) is 4.79 Å². The standard InChI is InChI=1S/C13H16N2O3S/c14-19(17,18)12-4-3-9-5-6-15(8-11(9)7-12)13(16)10-1-2-10/h3-4,7,10H,1-2,5-6,8H2,(H2,14,17,18). The van der Waals surface area contributed by atoms with Crippen LogP contribution in [0, 0.1) is 5.92 Å². The summed E-state index contributed by atoms with van der Waals surface area (Å²) in [5, 5.41) is 5.13. The molecule has 1 aromatic rings. The average Bonchev–Trinajstić information content (AvgIpc) is 3.19. The van der Waals surface area contributed by atoms with Crippen molar-refractivity contribution in [2.24, 2.45) is 11.1 Å². The first-order valence-electron chi connectivity index (χ1n) is 6.38. The molecule has 6 heteroatoms.